The lowest BCUT2D eigenvalue weighted by atomic mass is 10.2. The molecule has 112 valence electrons. The maximum Gasteiger partial charge on any atom is 0.176 e. The van der Waals surface area contributed by atoms with Crippen molar-refractivity contribution in [2.45, 2.75) is 20.1 Å². The second-order valence-electron chi connectivity index (χ2n) is 4.34. The van der Waals surface area contributed by atoms with Gasteiger partial charge in [0.2, 0.25) is 0 Å². The van der Waals surface area contributed by atoms with Crippen molar-refractivity contribution in [2.75, 3.05) is 13.7 Å². The van der Waals surface area contributed by atoms with E-state index in [4.69, 9.17) is 9.47 Å². The molecule has 21 heavy (non-hydrogen) atoms. The molecule has 0 saturated carbocycles. The highest BCUT2D eigenvalue weighted by molar-refractivity contribution is 9.10. The fourth-order valence-electron chi connectivity index (χ4n) is 1.83. The number of benzene rings is 1. The number of aromatic nitrogens is 2. The molecule has 1 heterocycles. The van der Waals surface area contributed by atoms with Gasteiger partial charge >= 0.3 is 0 Å². The number of nitrogens with one attached hydrogen (secondary N) is 1. The molecule has 0 bridgehead atoms. The summed E-state index contributed by atoms with van der Waals surface area (Å²) in [4.78, 5) is 8.27. The highest BCUT2D eigenvalue weighted by Gasteiger charge is 2.12. The van der Waals surface area contributed by atoms with Crippen LogP contribution in [0, 0.1) is 0 Å². The Balaban J connectivity index is 2.14. The smallest absolute Gasteiger partial charge is 0.176 e. The summed E-state index contributed by atoms with van der Waals surface area (Å²) in [5.74, 6) is 1.97. The minimum absolute atomic E-state index is 0.294. The Morgan fingerprint density at radius 2 is 2.00 bits per heavy atom. The van der Waals surface area contributed by atoms with Crippen molar-refractivity contribution >= 4 is 15.9 Å². The molecule has 0 atom stereocenters. The molecule has 0 radical (unpaired) electrons. The second kappa shape index (κ2) is 7.95. The van der Waals surface area contributed by atoms with Crippen molar-refractivity contribution in [1.29, 1.82) is 0 Å². The molecule has 0 aliphatic rings. The van der Waals surface area contributed by atoms with E-state index in [9.17, 15) is 0 Å². The number of hydrogen-bond donors (Lipinski definition) is 1. The van der Waals surface area contributed by atoms with Crippen molar-refractivity contribution < 1.29 is 9.47 Å². The van der Waals surface area contributed by atoms with Crippen molar-refractivity contribution in [2.24, 2.45) is 0 Å². The number of ether oxygens (including phenoxy) is 2. The molecule has 0 aliphatic carbocycles. The normalized spacial score (nSPS) is 10.4. The van der Waals surface area contributed by atoms with Crippen molar-refractivity contribution in [3.8, 4) is 11.5 Å². The third-order valence-corrected chi connectivity index (χ3v) is 3.42. The fraction of sp³-hybridized carbons (Fsp3) is 0.333. The average Bonchev–Trinajstić information content (AvgIpc) is 2.52. The third-order valence-electron chi connectivity index (χ3n) is 2.83. The van der Waals surface area contributed by atoms with Crippen LogP contribution in [0.3, 0.4) is 0 Å². The molecule has 0 aliphatic heterocycles. The Kier molecular flexibility index (Phi) is 5.95. The van der Waals surface area contributed by atoms with Crippen LogP contribution in [0.25, 0.3) is 0 Å². The lowest BCUT2D eigenvalue weighted by Crippen LogP contribution is -2.12. The summed E-state index contributed by atoms with van der Waals surface area (Å²) in [5.41, 5.74) is 1.13. The van der Waals surface area contributed by atoms with E-state index in [2.05, 4.69) is 38.1 Å². The van der Waals surface area contributed by atoms with Gasteiger partial charge in [-0.2, -0.15) is 0 Å². The van der Waals surface area contributed by atoms with Gasteiger partial charge in [-0.05, 0) is 46.2 Å². The molecule has 1 aromatic carbocycles. The molecular formula is C15H18BrN3O2. The average molecular weight is 352 g/mol. The van der Waals surface area contributed by atoms with Crippen LogP contribution in [0.15, 0.2) is 35.1 Å². The third kappa shape index (κ3) is 4.41. The van der Waals surface area contributed by atoms with Crippen LogP contribution >= 0.6 is 15.9 Å². The van der Waals surface area contributed by atoms with Crippen LogP contribution in [0.5, 0.6) is 11.5 Å². The topological polar surface area (TPSA) is 56.3 Å². The Bertz CT molecular complexity index is 579. The van der Waals surface area contributed by atoms with Gasteiger partial charge in [0.1, 0.15) is 6.61 Å². The maximum atomic E-state index is 5.79. The summed E-state index contributed by atoms with van der Waals surface area (Å²) in [7, 11) is 1.63. The summed E-state index contributed by atoms with van der Waals surface area (Å²) < 4.78 is 12.1. The lowest BCUT2D eigenvalue weighted by Gasteiger charge is -2.14. The van der Waals surface area contributed by atoms with E-state index in [1.807, 2.05) is 12.1 Å². The van der Waals surface area contributed by atoms with Gasteiger partial charge in [-0.1, -0.05) is 6.92 Å². The first-order valence-corrected chi connectivity index (χ1v) is 7.49. The Labute approximate surface area is 132 Å². The van der Waals surface area contributed by atoms with Crippen molar-refractivity contribution in [3.05, 3.63) is 46.5 Å². The van der Waals surface area contributed by atoms with Crippen LogP contribution in [0.1, 0.15) is 18.3 Å². The van der Waals surface area contributed by atoms with E-state index >= 15 is 0 Å². The van der Waals surface area contributed by atoms with Gasteiger partial charge in [-0.15, -0.1) is 0 Å². The highest BCUT2D eigenvalue weighted by Crippen LogP contribution is 2.37. The lowest BCUT2D eigenvalue weighted by molar-refractivity contribution is 0.274. The van der Waals surface area contributed by atoms with E-state index in [-0.39, 0.29) is 0 Å². The molecule has 0 amide bonds. The van der Waals surface area contributed by atoms with E-state index in [1.165, 1.54) is 0 Å². The van der Waals surface area contributed by atoms with Gasteiger partial charge in [-0.3, -0.25) is 0 Å². The summed E-state index contributed by atoms with van der Waals surface area (Å²) in [5, 5.41) is 3.28. The molecule has 0 saturated heterocycles. The molecule has 5 nitrogen and oxygen atoms in total. The molecule has 0 spiro atoms. The number of hydrogen-bond acceptors (Lipinski definition) is 5. The van der Waals surface area contributed by atoms with Crippen molar-refractivity contribution in [1.82, 2.24) is 15.3 Å². The minimum atomic E-state index is 0.294. The molecule has 0 fully saturated rings. The Hall–Kier alpha value is -1.66. The molecule has 2 aromatic rings. The zero-order valence-electron chi connectivity index (χ0n) is 12.1. The SMILES string of the molecule is CCNCc1cc(Br)c(OCc2ncccn2)c(OC)c1. The quantitative estimate of drug-likeness (QED) is 0.830. The van der Waals surface area contributed by atoms with E-state index < -0.39 is 0 Å². The van der Waals surface area contributed by atoms with Gasteiger partial charge in [0, 0.05) is 18.9 Å². The molecule has 6 heteroatoms. The van der Waals surface area contributed by atoms with Gasteiger partial charge in [0.25, 0.3) is 0 Å². The van der Waals surface area contributed by atoms with E-state index in [0.29, 0.717) is 23.9 Å². The minimum Gasteiger partial charge on any atom is -0.493 e. The van der Waals surface area contributed by atoms with Gasteiger partial charge < -0.3 is 14.8 Å². The molecule has 2 rings (SSSR count). The Morgan fingerprint density at radius 1 is 1.24 bits per heavy atom. The Morgan fingerprint density at radius 3 is 2.67 bits per heavy atom. The number of nitrogens with zero attached hydrogens (tertiary/aromatic N) is 2. The van der Waals surface area contributed by atoms with Crippen molar-refractivity contribution in [3.63, 3.8) is 0 Å². The number of rotatable bonds is 7. The first kappa shape index (κ1) is 15.7. The molecular weight excluding hydrogens is 334 g/mol. The first-order chi connectivity index (χ1) is 10.2. The molecule has 1 aromatic heterocycles. The number of halogens is 1. The van der Waals surface area contributed by atoms with Crippen LogP contribution in [0.4, 0.5) is 0 Å². The van der Waals surface area contributed by atoms with Gasteiger partial charge in [0.15, 0.2) is 17.3 Å². The van der Waals surface area contributed by atoms with Gasteiger partial charge in [0.05, 0.1) is 11.6 Å². The molecule has 0 unspecified atom stereocenters. The largest absolute Gasteiger partial charge is 0.493 e. The summed E-state index contributed by atoms with van der Waals surface area (Å²) in [6.07, 6.45) is 3.38. The highest BCUT2D eigenvalue weighted by atomic mass is 79.9. The standard InChI is InChI=1S/C15H18BrN3O2/c1-3-17-9-11-7-12(16)15(13(8-11)20-2)21-10-14-18-5-4-6-19-14/h4-8,17H,3,9-10H2,1-2H3. The predicted octanol–water partition coefficient (Wildman–Crippen LogP) is 2.94. The maximum absolute atomic E-state index is 5.79. The van der Waals surface area contributed by atoms with Crippen LogP contribution in [-0.2, 0) is 13.2 Å². The summed E-state index contributed by atoms with van der Waals surface area (Å²) in [6, 6.07) is 5.76. The zero-order valence-corrected chi connectivity index (χ0v) is 13.7. The van der Waals surface area contributed by atoms with Crippen LogP contribution in [-0.4, -0.2) is 23.6 Å². The van der Waals surface area contributed by atoms with Gasteiger partial charge in [-0.25, -0.2) is 9.97 Å². The first-order valence-electron chi connectivity index (χ1n) is 6.70. The predicted molar refractivity (Wildman–Crippen MR) is 84.4 cm³/mol. The molecule has 1 N–H and O–H groups in total. The monoisotopic (exact) mass is 351 g/mol. The second-order valence-corrected chi connectivity index (χ2v) is 5.20. The number of methoxy groups -OCH3 is 1. The fourth-order valence-corrected chi connectivity index (χ4v) is 2.43. The van der Waals surface area contributed by atoms with E-state index in [1.54, 1.807) is 25.6 Å². The zero-order chi connectivity index (χ0) is 15.1. The van der Waals surface area contributed by atoms with Crippen LogP contribution in [0.2, 0.25) is 0 Å². The summed E-state index contributed by atoms with van der Waals surface area (Å²) in [6.45, 7) is 4.07. The van der Waals surface area contributed by atoms with E-state index in [0.717, 1.165) is 23.1 Å². The van der Waals surface area contributed by atoms with Crippen LogP contribution < -0.4 is 14.8 Å². The summed E-state index contributed by atoms with van der Waals surface area (Å²) >= 11 is 3.53.